The minimum absolute atomic E-state index is 0.242. The van der Waals surface area contributed by atoms with Crippen molar-refractivity contribution in [3.8, 4) is 5.75 Å². The summed E-state index contributed by atoms with van der Waals surface area (Å²) in [6, 6.07) is 21.1. The highest BCUT2D eigenvalue weighted by atomic mass is 35.5. The molecular formula is C28H31ClN2O6S. The lowest BCUT2D eigenvalue weighted by Crippen LogP contribution is -2.49. The van der Waals surface area contributed by atoms with Crippen LogP contribution in [0.2, 0.25) is 5.02 Å². The summed E-state index contributed by atoms with van der Waals surface area (Å²) < 4.78 is 44.2. The van der Waals surface area contributed by atoms with Crippen LogP contribution in [0, 0.1) is 0 Å². The molecular weight excluding hydrogens is 528 g/mol. The van der Waals surface area contributed by atoms with Crippen molar-refractivity contribution in [3.63, 3.8) is 0 Å². The van der Waals surface area contributed by atoms with E-state index in [1.54, 1.807) is 31.4 Å². The maximum atomic E-state index is 13.1. The number of nitrogens with zero attached hydrogens (tertiary/aromatic N) is 2. The Labute approximate surface area is 228 Å². The van der Waals surface area contributed by atoms with Gasteiger partial charge < -0.3 is 14.2 Å². The van der Waals surface area contributed by atoms with Crippen LogP contribution in [0.5, 0.6) is 5.75 Å². The fourth-order valence-electron chi connectivity index (χ4n) is 4.29. The van der Waals surface area contributed by atoms with Gasteiger partial charge in [0.25, 0.3) is 0 Å². The molecule has 202 valence electrons. The lowest BCUT2D eigenvalue weighted by atomic mass is 10.1. The van der Waals surface area contributed by atoms with E-state index >= 15 is 0 Å². The summed E-state index contributed by atoms with van der Waals surface area (Å²) in [5.41, 5.74) is 2.36. The van der Waals surface area contributed by atoms with E-state index in [1.165, 1.54) is 23.5 Å². The number of benzene rings is 3. The summed E-state index contributed by atoms with van der Waals surface area (Å²) in [4.78, 5) is 14.2. The molecule has 0 amide bonds. The monoisotopic (exact) mass is 558 g/mol. The van der Waals surface area contributed by atoms with E-state index in [-0.39, 0.29) is 17.0 Å². The molecule has 0 saturated carbocycles. The second kappa shape index (κ2) is 12.7. The predicted molar refractivity (Wildman–Crippen MR) is 145 cm³/mol. The largest absolute Gasteiger partial charge is 0.497 e. The molecule has 1 aliphatic heterocycles. The molecule has 1 aliphatic rings. The van der Waals surface area contributed by atoms with Gasteiger partial charge in [-0.2, -0.15) is 4.31 Å². The van der Waals surface area contributed by atoms with Gasteiger partial charge in [0.2, 0.25) is 10.0 Å². The molecule has 0 aliphatic carbocycles. The van der Waals surface area contributed by atoms with Crippen molar-refractivity contribution in [1.82, 2.24) is 9.21 Å². The number of carbonyl (C=O) groups excluding carboxylic acids is 1. The Morgan fingerprint density at radius 3 is 2.26 bits per heavy atom. The van der Waals surface area contributed by atoms with Crippen molar-refractivity contribution in [1.29, 1.82) is 0 Å². The number of methoxy groups -OCH3 is 2. The molecule has 1 fully saturated rings. The van der Waals surface area contributed by atoms with Gasteiger partial charge in [0.05, 0.1) is 37.4 Å². The molecule has 1 unspecified atom stereocenters. The van der Waals surface area contributed by atoms with E-state index in [2.05, 4.69) is 4.90 Å². The first-order chi connectivity index (χ1) is 18.3. The maximum absolute atomic E-state index is 13.1. The smallest absolute Gasteiger partial charge is 0.337 e. The molecule has 1 heterocycles. The van der Waals surface area contributed by atoms with E-state index < -0.39 is 10.0 Å². The van der Waals surface area contributed by atoms with Crippen LogP contribution < -0.4 is 4.74 Å². The summed E-state index contributed by atoms with van der Waals surface area (Å²) in [7, 11) is -0.607. The van der Waals surface area contributed by atoms with Crippen LogP contribution in [-0.4, -0.2) is 70.5 Å². The van der Waals surface area contributed by atoms with Gasteiger partial charge in [-0.15, -0.1) is 0 Å². The number of hydrogen-bond acceptors (Lipinski definition) is 7. The van der Waals surface area contributed by atoms with Crippen LogP contribution in [0.25, 0.3) is 0 Å². The first kappa shape index (κ1) is 28.1. The first-order valence-corrected chi connectivity index (χ1v) is 14.0. The Kier molecular flexibility index (Phi) is 9.40. The van der Waals surface area contributed by atoms with Gasteiger partial charge in [-0.3, -0.25) is 4.90 Å². The maximum Gasteiger partial charge on any atom is 0.337 e. The highest BCUT2D eigenvalue weighted by molar-refractivity contribution is 7.89. The van der Waals surface area contributed by atoms with Crippen molar-refractivity contribution >= 4 is 27.6 Å². The lowest BCUT2D eigenvalue weighted by molar-refractivity contribution is 0.00761. The topological polar surface area (TPSA) is 85.4 Å². The Balaban J connectivity index is 1.43. The highest BCUT2D eigenvalue weighted by Gasteiger charge is 2.29. The zero-order chi connectivity index (χ0) is 27.1. The summed E-state index contributed by atoms with van der Waals surface area (Å²) in [6.07, 6.45) is -0.273. The van der Waals surface area contributed by atoms with Crippen LogP contribution in [0.15, 0.2) is 77.7 Å². The fraction of sp³-hybridized carbons (Fsp3) is 0.321. The zero-order valence-electron chi connectivity index (χ0n) is 21.4. The molecule has 3 aromatic rings. The molecule has 0 aromatic heterocycles. The van der Waals surface area contributed by atoms with E-state index in [9.17, 15) is 13.2 Å². The van der Waals surface area contributed by atoms with Crippen LogP contribution in [0.4, 0.5) is 0 Å². The molecule has 0 bridgehead atoms. The minimum Gasteiger partial charge on any atom is -0.497 e. The Morgan fingerprint density at radius 1 is 0.947 bits per heavy atom. The third kappa shape index (κ3) is 6.92. The number of carbonyl (C=O) groups is 1. The van der Waals surface area contributed by atoms with Crippen molar-refractivity contribution in [2.75, 3.05) is 46.9 Å². The molecule has 38 heavy (non-hydrogen) atoms. The average molecular weight is 559 g/mol. The zero-order valence-corrected chi connectivity index (χ0v) is 23.0. The summed E-state index contributed by atoms with van der Waals surface area (Å²) in [5.74, 6) is 0.348. The standard InChI is InChI=1S/C28H31ClN2O6S/c1-35-25-5-3-4-23(18-25)27(37-20-21-6-8-22(9-7-21)28(32)36-2)19-30-14-16-31(17-15-30)38(33,34)26-12-10-24(29)11-13-26/h3-13,18,27H,14-17,19-20H2,1-2H3. The molecule has 1 atom stereocenters. The number of halogens is 1. The molecule has 1 saturated heterocycles. The summed E-state index contributed by atoms with van der Waals surface area (Å²) in [6.45, 7) is 2.83. The normalized spacial score (nSPS) is 15.7. The first-order valence-electron chi connectivity index (χ1n) is 12.2. The number of esters is 1. The molecule has 10 heteroatoms. The number of sulfonamides is 1. The molecule has 3 aromatic carbocycles. The molecule has 0 radical (unpaired) electrons. The van der Waals surface area contributed by atoms with Gasteiger partial charge in [-0.1, -0.05) is 35.9 Å². The van der Waals surface area contributed by atoms with Gasteiger partial charge >= 0.3 is 5.97 Å². The Hall–Kier alpha value is -2.95. The van der Waals surface area contributed by atoms with Gasteiger partial charge in [0.15, 0.2) is 0 Å². The fourth-order valence-corrected chi connectivity index (χ4v) is 5.84. The quantitative estimate of drug-likeness (QED) is 0.341. The van der Waals surface area contributed by atoms with E-state index in [1.807, 2.05) is 36.4 Å². The molecule has 0 spiro atoms. The summed E-state index contributed by atoms with van der Waals surface area (Å²) in [5, 5.41) is 0.497. The second-order valence-corrected chi connectivity index (χ2v) is 11.3. The van der Waals surface area contributed by atoms with Crippen LogP contribution in [0.1, 0.15) is 27.6 Å². The van der Waals surface area contributed by atoms with Crippen molar-refractivity contribution < 1.29 is 27.4 Å². The van der Waals surface area contributed by atoms with Crippen molar-refractivity contribution in [2.45, 2.75) is 17.6 Å². The summed E-state index contributed by atoms with van der Waals surface area (Å²) >= 11 is 5.92. The van der Waals surface area contributed by atoms with E-state index in [0.29, 0.717) is 49.9 Å². The molecule has 0 N–H and O–H groups in total. The number of ether oxygens (including phenoxy) is 3. The van der Waals surface area contributed by atoms with Crippen molar-refractivity contribution in [3.05, 3.63) is 94.5 Å². The van der Waals surface area contributed by atoms with E-state index in [0.717, 1.165) is 16.9 Å². The molecule has 4 rings (SSSR count). The van der Waals surface area contributed by atoms with E-state index in [4.69, 9.17) is 25.8 Å². The SMILES string of the molecule is COC(=O)c1ccc(COC(CN2CCN(S(=O)(=O)c3ccc(Cl)cc3)CC2)c2cccc(OC)c2)cc1. The van der Waals surface area contributed by atoms with Gasteiger partial charge in [0, 0.05) is 37.7 Å². The van der Waals surface area contributed by atoms with Crippen LogP contribution in [0.3, 0.4) is 0 Å². The number of hydrogen-bond donors (Lipinski definition) is 0. The van der Waals surface area contributed by atoms with Gasteiger partial charge in [-0.25, -0.2) is 13.2 Å². The third-order valence-electron chi connectivity index (χ3n) is 6.50. The molecule has 8 nitrogen and oxygen atoms in total. The van der Waals surface area contributed by atoms with Crippen LogP contribution >= 0.6 is 11.6 Å². The second-order valence-electron chi connectivity index (χ2n) is 8.92. The number of rotatable bonds is 10. The minimum atomic E-state index is -3.58. The van der Waals surface area contributed by atoms with Crippen molar-refractivity contribution in [2.24, 2.45) is 0 Å². The highest BCUT2D eigenvalue weighted by Crippen LogP contribution is 2.26. The number of piperazine rings is 1. The average Bonchev–Trinajstić information content (AvgIpc) is 2.95. The van der Waals surface area contributed by atoms with Gasteiger partial charge in [-0.05, 0) is 59.7 Å². The third-order valence-corrected chi connectivity index (χ3v) is 8.66. The Bertz CT molecular complexity index is 1320. The lowest BCUT2D eigenvalue weighted by Gasteiger charge is -2.36. The van der Waals surface area contributed by atoms with Crippen LogP contribution in [-0.2, 0) is 26.1 Å². The van der Waals surface area contributed by atoms with Gasteiger partial charge in [0.1, 0.15) is 5.75 Å². The Morgan fingerprint density at radius 2 is 1.63 bits per heavy atom. The predicted octanol–water partition coefficient (Wildman–Crippen LogP) is 4.40.